The number of hydrogen-bond acceptors (Lipinski definition) is 2. The van der Waals surface area contributed by atoms with Gasteiger partial charge in [0.25, 0.3) is 0 Å². The second-order valence-electron chi connectivity index (χ2n) is 3.17. The van der Waals surface area contributed by atoms with Crippen LogP contribution in [0.25, 0.3) is 0 Å². The van der Waals surface area contributed by atoms with Crippen molar-refractivity contribution in [3.8, 4) is 0 Å². The lowest BCUT2D eigenvalue weighted by Crippen LogP contribution is -2.04. The maximum atomic E-state index is 9.31. The third-order valence-corrected chi connectivity index (χ3v) is 2.10. The fourth-order valence-corrected chi connectivity index (χ4v) is 1.37. The summed E-state index contributed by atoms with van der Waals surface area (Å²) in [6, 6.07) is 0. The van der Waals surface area contributed by atoms with Gasteiger partial charge >= 0.3 is 0 Å². The van der Waals surface area contributed by atoms with Gasteiger partial charge in [-0.25, -0.2) is 0 Å². The number of aliphatic hydroxyl groups excluding tert-OH is 2. The lowest BCUT2D eigenvalue weighted by atomic mass is 10.1. The fraction of sp³-hybridized carbons (Fsp3) is 0.778. The molecular formula is C9H16O2. The molecule has 2 nitrogen and oxygen atoms in total. The lowest BCUT2D eigenvalue weighted by Gasteiger charge is -2.05. The molecule has 0 bridgehead atoms. The highest BCUT2D eigenvalue weighted by molar-refractivity contribution is 4.91. The van der Waals surface area contributed by atoms with Crippen LogP contribution < -0.4 is 0 Å². The molecule has 0 fully saturated rings. The summed E-state index contributed by atoms with van der Waals surface area (Å²) in [6.45, 7) is 0. The third kappa shape index (κ3) is 3.42. The number of aliphatic hydroxyl groups is 2. The van der Waals surface area contributed by atoms with Crippen LogP contribution in [0.4, 0.5) is 0 Å². The molecule has 2 N–H and O–H groups in total. The van der Waals surface area contributed by atoms with Crippen molar-refractivity contribution in [2.24, 2.45) is 0 Å². The second-order valence-corrected chi connectivity index (χ2v) is 3.17. The van der Waals surface area contributed by atoms with Gasteiger partial charge in [0.05, 0.1) is 11.9 Å². The molecule has 2 heteroatoms. The van der Waals surface area contributed by atoms with Gasteiger partial charge in [0.15, 0.2) is 0 Å². The Balaban J connectivity index is 2.37. The SMILES string of the molecule is OC1=CCCC(O)CCCC1. The molecule has 0 saturated heterocycles. The monoisotopic (exact) mass is 156 g/mol. The van der Waals surface area contributed by atoms with Crippen molar-refractivity contribution in [1.82, 2.24) is 0 Å². The Hall–Kier alpha value is -0.500. The van der Waals surface area contributed by atoms with Crippen LogP contribution >= 0.6 is 0 Å². The van der Waals surface area contributed by atoms with Gasteiger partial charge in [-0.15, -0.1) is 0 Å². The first-order chi connectivity index (χ1) is 5.29. The molecule has 1 aliphatic carbocycles. The largest absolute Gasteiger partial charge is 0.513 e. The number of hydrogen-bond donors (Lipinski definition) is 2. The number of allylic oxidation sites excluding steroid dienone is 2. The van der Waals surface area contributed by atoms with Gasteiger partial charge in [-0.2, -0.15) is 0 Å². The van der Waals surface area contributed by atoms with Crippen molar-refractivity contribution in [2.45, 2.75) is 44.6 Å². The van der Waals surface area contributed by atoms with Crippen molar-refractivity contribution in [3.05, 3.63) is 11.8 Å². The Morgan fingerprint density at radius 2 is 2.09 bits per heavy atom. The fourth-order valence-electron chi connectivity index (χ4n) is 1.37. The summed E-state index contributed by atoms with van der Waals surface area (Å²) in [5, 5.41) is 18.5. The van der Waals surface area contributed by atoms with Crippen molar-refractivity contribution < 1.29 is 10.2 Å². The average molecular weight is 156 g/mol. The van der Waals surface area contributed by atoms with E-state index in [-0.39, 0.29) is 6.10 Å². The molecule has 0 heterocycles. The van der Waals surface area contributed by atoms with Gasteiger partial charge in [0, 0.05) is 6.42 Å². The molecule has 0 radical (unpaired) electrons. The van der Waals surface area contributed by atoms with Crippen LogP contribution in [0.1, 0.15) is 38.5 Å². The summed E-state index contributed by atoms with van der Waals surface area (Å²) >= 11 is 0. The van der Waals surface area contributed by atoms with Crippen LogP contribution in [0.3, 0.4) is 0 Å². The van der Waals surface area contributed by atoms with Gasteiger partial charge in [0.1, 0.15) is 0 Å². The zero-order chi connectivity index (χ0) is 8.10. The van der Waals surface area contributed by atoms with Crippen molar-refractivity contribution in [3.63, 3.8) is 0 Å². The summed E-state index contributed by atoms with van der Waals surface area (Å²) in [7, 11) is 0. The Labute approximate surface area is 67.6 Å². The van der Waals surface area contributed by atoms with E-state index in [1.165, 1.54) is 0 Å². The highest BCUT2D eigenvalue weighted by atomic mass is 16.3. The van der Waals surface area contributed by atoms with Crippen LogP contribution in [0.15, 0.2) is 11.8 Å². The highest BCUT2D eigenvalue weighted by Crippen LogP contribution is 2.15. The zero-order valence-corrected chi connectivity index (χ0v) is 6.79. The van der Waals surface area contributed by atoms with Crippen LogP contribution in [0.5, 0.6) is 0 Å². The molecule has 0 amide bonds. The molecule has 64 valence electrons. The Kier molecular flexibility index (Phi) is 3.43. The molecule has 1 atom stereocenters. The lowest BCUT2D eigenvalue weighted by molar-refractivity contribution is 0.153. The maximum Gasteiger partial charge on any atom is 0.0882 e. The second kappa shape index (κ2) is 4.39. The van der Waals surface area contributed by atoms with Crippen LogP contribution in [0.2, 0.25) is 0 Å². The quantitative estimate of drug-likeness (QED) is 0.564. The van der Waals surface area contributed by atoms with Gasteiger partial charge in [0.2, 0.25) is 0 Å². The van der Waals surface area contributed by atoms with E-state index in [0.29, 0.717) is 5.76 Å². The predicted octanol–water partition coefficient (Wildman–Crippen LogP) is 2.14. The van der Waals surface area contributed by atoms with Crippen LogP contribution in [-0.4, -0.2) is 16.3 Å². The summed E-state index contributed by atoms with van der Waals surface area (Å²) < 4.78 is 0. The van der Waals surface area contributed by atoms with Gasteiger partial charge in [-0.05, 0) is 31.8 Å². The molecule has 0 spiro atoms. The van der Waals surface area contributed by atoms with Crippen molar-refractivity contribution >= 4 is 0 Å². The van der Waals surface area contributed by atoms with E-state index in [2.05, 4.69) is 0 Å². The molecule has 1 unspecified atom stereocenters. The van der Waals surface area contributed by atoms with Gasteiger partial charge in [-0.3, -0.25) is 0 Å². The molecule has 1 rings (SSSR count). The molecule has 0 saturated carbocycles. The summed E-state index contributed by atoms with van der Waals surface area (Å²) in [5.41, 5.74) is 0. The summed E-state index contributed by atoms with van der Waals surface area (Å²) in [5.74, 6) is 0.499. The topological polar surface area (TPSA) is 40.5 Å². The van der Waals surface area contributed by atoms with Crippen LogP contribution in [-0.2, 0) is 0 Å². The minimum Gasteiger partial charge on any atom is -0.513 e. The van der Waals surface area contributed by atoms with E-state index >= 15 is 0 Å². The molecule has 0 aromatic carbocycles. The molecule has 1 aliphatic rings. The van der Waals surface area contributed by atoms with E-state index in [4.69, 9.17) is 0 Å². The number of rotatable bonds is 0. The van der Waals surface area contributed by atoms with E-state index < -0.39 is 0 Å². The zero-order valence-electron chi connectivity index (χ0n) is 6.79. The molecule has 0 aromatic heterocycles. The smallest absolute Gasteiger partial charge is 0.0882 e. The molecule has 11 heavy (non-hydrogen) atoms. The Morgan fingerprint density at radius 3 is 2.91 bits per heavy atom. The minimum absolute atomic E-state index is 0.155. The Morgan fingerprint density at radius 1 is 1.27 bits per heavy atom. The van der Waals surface area contributed by atoms with Crippen LogP contribution in [0, 0.1) is 0 Å². The van der Waals surface area contributed by atoms with E-state index in [0.717, 1.165) is 38.5 Å². The van der Waals surface area contributed by atoms with E-state index in [9.17, 15) is 10.2 Å². The minimum atomic E-state index is -0.155. The molecule has 0 aromatic rings. The molecule has 0 aliphatic heterocycles. The van der Waals surface area contributed by atoms with Gasteiger partial charge in [-0.1, -0.05) is 6.42 Å². The average Bonchev–Trinajstić information content (AvgIpc) is 2.04. The summed E-state index contributed by atoms with van der Waals surface area (Å²) in [6.07, 6.45) is 6.98. The highest BCUT2D eigenvalue weighted by Gasteiger charge is 2.05. The van der Waals surface area contributed by atoms with E-state index in [1.807, 2.05) is 6.08 Å². The first kappa shape index (κ1) is 8.60. The molecular weight excluding hydrogens is 140 g/mol. The first-order valence-electron chi connectivity index (χ1n) is 4.35. The summed E-state index contributed by atoms with van der Waals surface area (Å²) in [4.78, 5) is 0. The normalized spacial score (nSPS) is 28.1. The van der Waals surface area contributed by atoms with Crippen molar-refractivity contribution in [2.75, 3.05) is 0 Å². The third-order valence-electron chi connectivity index (χ3n) is 2.10. The first-order valence-corrected chi connectivity index (χ1v) is 4.35. The predicted molar refractivity (Wildman–Crippen MR) is 44.4 cm³/mol. The van der Waals surface area contributed by atoms with E-state index in [1.54, 1.807) is 0 Å². The Bertz CT molecular complexity index is 140. The standard InChI is InChI=1S/C9H16O2/c10-8-4-1-2-5-9(11)7-3-6-8/h6,9-11H,1-5,7H2. The van der Waals surface area contributed by atoms with Gasteiger partial charge < -0.3 is 10.2 Å². The maximum absolute atomic E-state index is 9.31. The van der Waals surface area contributed by atoms with Crippen molar-refractivity contribution in [1.29, 1.82) is 0 Å².